The van der Waals surface area contributed by atoms with Crippen LogP contribution in [0.5, 0.6) is 0 Å². The number of nitrogens with zero attached hydrogens (tertiary/aromatic N) is 5. The highest BCUT2D eigenvalue weighted by Gasteiger charge is 2.20. The van der Waals surface area contributed by atoms with Crippen LogP contribution in [0.1, 0.15) is 5.56 Å². The van der Waals surface area contributed by atoms with Gasteiger partial charge in [-0.05, 0) is 34.7 Å². The van der Waals surface area contributed by atoms with Crippen molar-refractivity contribution in [3.8, 4) is 0 Å². The number of benzene rings is 1. The summed E-state index contributed by atoms with van der Waals surface area (Å²) in [6, 6.07) is 4.77. The van der Waals surface area contributed by atoms with E-state index in [-0.39, 0.29) is 17.4 Å². The van der Waals surface area contributed by atoms with Crippen molar-refractivity contribution in [1.29, 1.82) is 0 Å². The number of hydrogen-bond donors (Lipinski definition) is 0. The standard InChI is InChI=1S/C11H11N5O4S/c1-7-4-3-5-8(16(18)19)10(7)21-11-12-13-14-15(11)6-9(17)20-2/h3-5H,6H2,1-2H3. The van der Waals surface area contributed by atoms with Crippen LogP contribution in [0, 0.1) is 17.0 Å². The predicted molar refractivity (Wildman–Crippen MR) is 71.8 cm³/mol. The van der Waals surface area contributed by atoms with E-state index >= 15 is 0 Å². The van der Waals surface area contributed by atoms with Crippen LogP contribution in [-0.4, -0.2) is 38.2 Å². The summed E-state index contributed by atoms with van der Waals surface area (Å²) in [6.45, 7) is 1.59. The number of aryl methyl sites for hydroxylation is 1. The lowest BCUT2D eigenvalue weighted by molar-refractivity contribution is -0.387. The maximum atomic E-state index is 11.3. The Morgan fingerprint density at radius 3 is 2.95 bits per heavy atom. The molecule has 0 aliphatic carbocycles. The zero-order chi connectivity index (χ0) is 15.4. The molecule has 0 spiro atoms. The molecule has 0 fully saturated rings. The minimum atomic E-state index is -0.511. The van der Waals surface area contributed by atoms with Crippen LogP contribution in [-0.2, 0) is 16.1 Å². The topological polar surface area (TPSA) is 113 Å². The van der Waals surface area contributed by atoms with Gasteiger partial charge in [-0.3, -0.25) is 14.9 Å². The third-order valence-corrected chi connectivity index (χ3v) is 3.80. The molecule has 0 aliphatic rings. The molecule has 0 saturated carbocycles. The first-order valence-corrected chi connectivity index (χ1v) is 6.59. The Morgan fingerprint density at radius 1 is 1.52 bits per heavy atom. The lowest BCUT2D eigenvalue weighted by Crippen LogP contribution is -2.13. The van der Waals surface area contributed by atoms with Crippen molar-refractivity contribution in [2.24, 2.45) is 0 Å². The molecule has 0 amide bonds. The summed E-state index contributed by atoms with van der Waals surface area (Å²) in [6.07, 6.45) is 0. The van der Waals surface area contributed by atoms with Crippen molar-refractivity contribution in [3.05, 3.63) is 33.9 Å². The Kier molecular flexibility index (Phi) is 4.48. The van der Waals surface area contributed by atoms with E-state index in [0.29, 0.717) is 4.90 Å². The zero-order valence-electron chi connectivity index (χ0n) is 11.2. The molecule has 110 valence electrons. The number of rotatable bonds is 5. The first-order valence-electron chi connectivity index (χ1n) is 5.77. The molecule has 1 heterocycles. The van der Waals surface area contributed by atoms with Gasteiger partial charge >= 0.3 is 5.97 Å². The van der Waals surface area contributed by atoms with Crippen LogP contribution in [0.4, 0.5) is 5.69 Å². The van der Waals surface area contributed by atoms with E-state index in [1.54, 1.807) is 19.1 Å². The lowest BCUT2D eigenvalue weighted by atomic mass is 10.2. The van der Waals surface area contributed by atoms with Crippen LogP contribution >= 0.6 is 11.8 Å². The molecule has 0 aliphatic heterocycles. The predicted octanol–water partition coefficient (Wildman–Crippen LogP) is 1.21. The summed E-state index contributed by atoms with van der Waals surface area (Å²) < 4.78 is 5.77. The third kappa shape index (κ3) is 3.34. The van der Waals surface area contributed by atoms with Gasteiger partial charge in [-0.15, -0.1) is 5.10 Å². The normalized spacial score (nSPS) is 10.4. The second-order valence-electron chi connectivity index (χ2n) is 3.98. The van der Waals surface area contributed by atoms with E-state index in [9.17, 15) is 14.9 Å². The molecule has 0 saturated heterocycles. The highest BCUT2D eigenvalue weighted by Crippen LogP contribution is 2.35. The van der Waals surface area contributed by atoms with Gasteiger partial charge in [0.15, 0.2) is 0 Å². The monoisotopic (exact) mass is 309 g/mol. The molecular weight excluding hydrogens is 298 g/mol. The smallest absolute Gasteiger partial charge is 0.327 e. The van der Waals surface area contributed by atoms with Crippen molar-refractivity contribution in [3.63, 3.8) is 0 Å². The molecule has 2 rings (SSSR count). The fourth-order valence-electron chi connectivity index (χ4n) is 1.56. The van der Waals surface area contributed by atoms with Crippen LogP contribution in [0.3, 0.4) is 0 Å². The Labute approximate surface area is 123 Å². The maximum absolute atomic E-state index is 11.3. The van der Waals surface area contributed by atoms with E-state index in [1.807, 2.05) is 0 Å². The van der Waals surface area contributed by atoms with Crippen molar-refractivity contribution >= 4 is 23.4 Å². The number of carbonyl (C=O) groups excluding carboxylic acids is 1. The quantitative estimate of drug-likeness (QED) is 0.460. The van der Waals surface area contributed by atoms with E-state index in [0.717, 1.165) is 17.3 Å². The number of esters is 1. The SMILES string of the molecule is COC(=O)Cn1nnnc1Sc1c(C)cccc1[N+](=O)[O-]. The van der Waals surface area contributed by atoms with E-state index < -0.39 is 10.9 Å². The molecule has 9 nitrogen and oxygen atoms in total. The number of nitro groups is 1. The Morgan fingerprint density at radius 2 is 2.29 bits per heavy atom. The van der Waals surface area contributed by atoms with Crippen molar-refractivity contribution in [2.45, 2.75) is 23.5 Å². The van der Waals surface area contributed by atoms with Crippen molar-refractivity contribution < 1.29 is 14.5 Å². The third-order valence-electron chi connectivity index (χ3n) is 2.59. The maximum Gasteiger partial charge on any atom is 0.327 e. The summed E-state index contributed by atoms with van der Waals surface area (Å²) in [4.78, 5) is 22.3. The highest BCUT2D eigenvalue weighted by atomic mass is 32.2. The first kappa shape index (κ1) is 14.9. The molecule has 10 heteroatoms. The molecule has 0 bridgehead atoms. The minimum absolute atomic E-state index is 0.0346. The number of carbonyl (C=O) groups is 1. The van der Waals surface area contributed by atoms with Crippen molar-refractivity contribution in [2.75, 3.05) is 7.11 Å². The van der Waals surface area contributed by atoms with Gasteiger partial charge in [-0.25, -0.2) is 4.68 Å². The van der Waals surface area contributed by atoms with Gasteiger partial charge in [0, 0.05) is 6.07 Å². The molecule has 1 aromatic carbocycles. The second kappa shape index (κ2) is 6.31. The average Bonchev–Trinajstić information content (AvgIpc) is 2.87. The van der Waals surface area contributed by atoms with Gasteiger partial charge < -0.3 is 4.74 Å². The van der Waals surface area contributed by atoms with Gasteiger partial charge in [0.25, 0.3) is 5.69 Å². The summed E-state index contributed by atoms with van der Waals surface area (Å²) in [5, 5.41) is 22.3. The van der Waals surface area contributed by atoms with E-state index in [2.05, 4.69) is 20.3 Å². The highest BCUT2D eigenvalue weighted by molar-refractivity contribution is 7.99. The van der Waals surface area contributed by atoms with Crippen LogP contribution in [0.15, 0.2) is 28.3 Å². The lowest BCUT2D eigenvalue weighted by Gasteiger charge is -2.06. The van der Waals surface area contributed by atoms with Crippen molar-refractivity contribution in [1.82, 2.24) is 20.2 Å². The molecule has 0 N–H and O–H groups in total. The van der Waals surface area contributed by atoms with E-state index in [1.165, 1.54) is 17.9 Å². The average molecular weight is 309 g/mol. The zero-order valence-corrected chi connectivity index (χ0v) is 12.0. The van der Waals surface area contributed by atoms with Gasteiger partial charge in [0.2, 0.25) is 5.16 Å². The minimum Gasteiger partial charge on any atom is -0.468 e. The summed E-state index contributed by atoms with van der Waals surface area (Å²) in [7, 11) is 1.26. The number of tetrazole rings is 1. The molecule has 21 heavy (non-hydrogen) atoms. The fourth-order valence-corrected chi connectivity index (χ4v) is 2.50. The molecular formula is C11H11N5O4S. The Bertz CT molecular complexity index is 687. The van der Waals surface area contributed by atoms with Crippen LogP contribution in [0.25, 0.3) is 0 Å². The number of hydrogen-bond acceptors (Lipinski definition) is 8. The van der Waals surface area contributed by atoms with Crippen LogP contribution < -0.4 is 0 Å². The number of nitro benzene ring substituents is 1. The summed E-state index contributed by atoms with van der Waals surface area (Å²) in [5.74, 6) is -0.511. The fraction of sp³-hybridized carbons (Fsp3) is 0.273. The molecule has 1 aromatic heterocycles. The molecule has 0 unspecified atom stereocenters. The van der Waals surface area contributed by atoms with Gasteiger partial charge in [-0.1, -0.05) is 12.1 Å². The molecule has 2 aromatic rings. The van der Waals surface area contributed by atoms with E-state index in [4.69, 9.17) is 0 Å². The van der Waals surface area contributed by atoms with Gasteiger partial charge in [0.05, 0.1) is 16.9 Å². The Hall–Kier alpha value is -2.49. The number of aromatic nitrogens is 4. The summed E-state index contributed by atoms with van der Waals surface area (Å²) in [5.41, 5.74) is 0.689. The molecule has 0 atom stereocenters. The molecule has 0 radical (unpaired) electrons. The van der Waals surface area contributed by atoms with Gasteiger partial charge in [-0.2, -0.15) is 0 Å². The Balaban J connectivity index is 2.33. The number of methoxy groups -OCH3 is 1. The van der Waals surface area contributed by atoms with Crippen LogP contribution in [0.2, 0.25) is 0 Å². The summed E-state index contributed by atoms with van der Waals surface area (Å²) >= 11 is 1.03. The first-order chi connectivity index (χ1) is 10.0. The number of ether oxygens (including phenoxy) is 1. The largest absolute Gasteiger partial charge is 0.468 e. The van der Waals surface area contributed by atoms with Gasteiger partial charge in [0.1, 0.15) is 6.54 Å². The second-order valence-corrected chi connectivity index (χ2v) is 4.96.